The molecular weight excluding hydrogens is 484 g/mol. The van der Waals surface area contributed by atoms with Crippen LogP contribution in [0.5, 0.6) is 0 Å². The quantitative estimate of drug-likeness (QED) is 0.415. The molecule has 1 unspecified atom stereocenters. The number of nitrogens with one attached hydrogen (secondary N) is 1. The topological polar surface area (TPSA) is 99.2 Å². The number of ether oxygens (including phenoxy) is 2. The molecule has 2 aliphatic carbocycles. The van der Waals surface area contributed by atoms with Crippen LogP contribution >= 0.6 is 0 Å². The number of fused-ring (bicyclic) bond motifs is 2. The molecule has 8 heteroatoms. The normalized spacial score (nSPS) is 17.3. The highest BCUT2D eigenvalue weighted by molar-refractivity contribution is 5.92. The van der Waals surface area contributed by atoms with Gasteiger partial charge in [-0.05, 0) is 89.5 Å². The second kappa shape index (κ2) is 9.64. The molecule has 0 saturated heterocycles. The fourth-order valence-electron chi connectivity index (χ4n) is 5.61. The molecule has 1 fully saturated rings. The third-order valence-corrected chi connectivity index (χ3v) is 7.38. The summed E-state index contributed by atoms with van der Waals surface area (Å²) in [6.45, 7) is 9.54. The zero-order valence-electron chi connectivity index (χ0n) is 23.0. The Kier molecular flexibility index (Phi) is 6.61. The number of aromatic nitrogens is 1. The summed E-state index contributed by atoms with van der Waals surface area (Å²) < 4.78 is 18.9. The van der Waals surface area contributed by atoms with Crippen LogP contribution in [0.4, 0.5) is 5.69 Å². The molecule has 3 aromatic rings. The number of carbonyl (C=O) groups excluding carboxylic acids is 2. The number of furan rings is 1. The fourth-order valence-corrected chi connectivity index (χ4v) is 5.61. The highest BCUT2D eigenvalue weighted by Crippen LogP contribution is 2.48. The number of hydrogen-bond donors (Lipinski definition) is 1. The Labute approximate surface area is 222 Å². The number of aryl methyl sites for hydroxylation is 2. The van der Waals surface area contributed by atoms with Gasteiger partial charge in [-0.15, -0.1) is 0 Å². The molecule has 0 spiro atoms. The van der Waals surface area contributed by atoms with Gasteiger partial charge in [0.1, 0.15) is 16.9 Å². The lowest BCUT2D eigenvalue weighted by atomic mass is 9.85. The molecule has 2 aliphatic rings. The van der Waals surface area contributed by atoms with Crippen molar-refractivity contribution >= 4 is 23.1 Å². The van der Waals surface area contributed by atoms with E-state index in [2.05, 4.69) is 5.32 Å². The number of rotatable bonds is 6. The molecule has 0 aromatic carbocycles. The summed E-state index contributed by atoms with van der Waals surface area (Å²) in [5, 5.41) is 3.29. The van der Waals surface area contributed by atoms with Crippen molar-refractivity contribution in [3.63, 3.8) is 0 Å². The molecule has 38 heavy (non-hydrogen) atoms. The zero-order valence-corrected chi connectivity index (χ0v) is 23.0. The third-order valence-electron chi connectivity index (χ3n) is 7.38. The van der Waals surface area contributed by atoms with Crippen LogP contribution in [-0.4, -0.2) is 35.6 Å². The van der Waals surface area contributed by atoms with Gasteiger partial charge < -0.3 is 19.2 Å². The molecule has 3 heterocycles. The smallest absolute Gasteiger partial charge is 0.343 e. The number of anilines is 1. The fraction of sp³-hybridized carbons (Fsp3) is 0.500. The van der Waals surface area contributed by atoms with Gasteiger partial charge in [-0.25, -0.2) is 4.79 Å². The van der Waals surface area contributed by atoms with Crippen molar-refractivity contribution in [3.8, 4) is 11.3 Å². The van der Waals surface area contributed by atoms with E-state index in [0.29, 0.717) is 12.2 Å². The van der Waals surface area contributed by atoms with Crippen molar-refractivity contribution in [1.82, 2.24) is 4.40 Å². The Morgan fingerprint density at radius 1 is 1.21 bits per heavy atom. The van der Waals surface area contributed by atoms with E-state index in [0.717, 1.165) is 64.9 Å². The van der Waals surface area contributed by atoms with E-state index in [-0.39, 0.29) is 24.1 Å². The minimum absolute atomic E-state index is 0.0583. The van der Waals surface area contributed by atoms with Gasteiger partial charge >= 0.3 is 11.9 Å². The van der Waals surface area contributed by atoms with Crippen molar-refractivity contribution in [1.29, 1.82) is 0 Å². The second-order valence-electron chi connectivity index (χ2n) is 11.3. The first-order chi connectivity index (χ1) is 18.1. The maximum Gasteiger partial charge on any atom is 0.343 e. The third kappa shape index (κ3) is 4.50. The van der Waals surface area contributed by atoms with Gasteiger partial charge in [0, 0.05) is 30.8 Å². The molecule has 1 atom stereocenters. The monoisotopic (exact) mass is 520 g/mol. The van der Waals surface area contributed by atoms with Crippen molar-refractivity contribution in [3.05, 3.63) is 56.7 Å². The van der Waals surface area contributed by atoms with Gasteiger partial charge in [0.15, 0.2) is 5.76 Å². The summed E-state index contributed by atoms with van der Waals surface area (Å²) >= 11 is 0. The van der Waals surface area contributed by atoms with Gasteiger partial charge in [0.2, 0.25) is 0 Å². The summed E-state index contributed by atoms with van der Waals surface area (Å²) in [4.78, 5) is 39.0. The second-order valence-corrected chi connectivity index (χ2v) is 11.3. The molecule has 202 valence electrons. The Morgan fingerprint density at radius 3 is 2.58 bits per heavy atom. The van der Waals surface area contributed by atoms with Crippen LogP contribution in [0.2, 0.25) is 0 Å². The Balaban J connectivity index is 1.68. The molecule has 8 nitrogen and oxygen atoms in total. The summed E-state index contributed by atoms with van der Waals surface area (Å²) in [5.74, 6) is 0.486. The lowest BCUT2D eigenvalue weighted by molar-refractivity contribution is -0.157. The summed E-state index contributed by atoms with van der Waals surface area (Å²) in [7, 11) is 1.83. The summed E-state index contributed by atoms with van der Waals surface area (Å²) in [5.41, 5.74) is 4.23. The number of nitrogens with zero attached hydrogens (tertiary/aromatic N) is 1. The summed E-state index contributed by atoms with van der Waals surface area (Å²) in [6, 6.07) is 3.57. The highest BCUT2D eigenvalue weighted by atomic mass is 16.6. The zero-order chi connectivity index (χ0) is 27.4. The Hall–Kier alpha value is -3.55. The van der Waals surface area contributed by atoms with Crippen LogP contribution in [0.3, 0.4) is 0 Å². The van der Waals surface area contributed by atoms with Crippen molar-refractivity contribution < 1.29 is 23.5 Å². The first-order valence-electron chi connectivity index (χ1n) is 13.5. The van der Waals surface area contributed by atoms with E-state index in [9.17, 15) is 14.4 Å². The van der Waals surface area contributed by atoms with Crippen molar-refractivity contribution in [2.45, 2.75) is 84.2 Å². The van der Waals surface area contributed by atoms with Gasteiger partial charge in [-0.3, -0.25) is 14.0 Å². The lowest BCUT2D eigenvalue weighted by Gasteiger charge is -2.26. The minimum atomic E-state index is -0.597. The molecule has 0 aliphatic heterocycles. The van der Waals surface area contributed by atoms with Crippen LogP contribution in [0, 0.1) is 6.92 Å². The molecule has 1 saturated carbocycles. The van der Waals surface area contributed by atoms with E-state index in [1.54, 1.807) is 23.6 Å². The molecule has 0 radical (unpaired) electrons. The highest BCUT2D eigenvalue weighted by Gasteiger charge is 2.37. The van der Waals surface area contributed by atoms with Crippen LogP contribution in [0.25, 0.3) is 16.8 Å². The van der Waals surface area contributed by atoms with E-state index in [1.807, 2.05) is 40.8 Å². The minimum Gasteiger partial charge on any atom is -0.462 e. The van der Waals surface area contributed by atoms with Gasteiger partial charge in [0.05, 0.1) is 23.7 Å². The van der Waals surface area contributed by atoms with E-state index in [4.69, 9.17) is 13.9 Å². The molecule has 0 amide bonds. The van der Waals surface area contributed by atoms with Crippen molar-refractivity contribution in [2.24, 2.45) is 0 Å². The molecular formula is C30H36N2O6. The number of esters is 2. The molecule has 1 N–H and O–H groups in total. The maximum absolute atomic E-state index is 13.3. The first-order valence-corrected chi connectivity index (χ1v) is 13.5. The molecule has 3 aromatic heterocycles. The average molecular weight is 521 g/mol. The van der Waals surface area contributed by atoms with Gasteiger partial charge in [-0.2, -0.15) is 0 Å². The predicted molar refractivity (Wildman–Crippen MR) is 145 cm³/mol. The number of carbonyl (C=O) groups is 2. The van der Waals surface area contributed by atoms with Gasteiger partial charge in [0.25, 0.3) is 5.56 Å². The average Bonchev–Trinajstić information content (AvgIpc) is 3.63. The number of hydrogen-bond acceptors (Lipinski definition) is 7. The van der Waals surface area contributed by atoms with E-state index >= 15 is 0 Å². The SMILES string of the molecule is CCOC(=O)c1cc(C2CC2)c2c(C)c(-c3oc4c(c3NC)C(C(=O)OC(C)(C)C)CCC4)ccn2c1=O. The Morgan fingerprint density at radius 2 is 1.95 bits per heavy atom. The van der Waals surface area contributed by atoms with Crippen LogP contribution < -0.4 is 10.9 Å². The van der Waals surface area contributed by atoms with Gasteiger partial charge in [-0.1, -0.05) is 0 Å². The standard InChI is InChI=1S/C30H36N2O6/c1-7-36-28(34)21-15-20(17-11-12-17)25-16(2)18(13-14-32(25)27(21)33)26-24(31-6)23-19(9-8-10-22(23)37-26)29(35)38-30(3,4)5/h13-15,17,19,31H,7-12H2,1-6H3. The van der Waals surface area contributed by atoms with Crippen LogP contribution in [-0.2, 0) is 20.7 Å². The maximum atomic E-state index is 13.3. The predicted octanol–water partition coefficient (Wildman–Crippen LogP) is 5.73. The van der Waals surface area contributed by atoms with E-state index < -0.39 is 23.0 Å². The largest absolute Gasteiger partial charge is 0.462 e. The van der Waals surface area contributed by atoms with E-state index in [1.165, 1.54) is 0 Å². The molecule has 5 rings (SSSR count). The summed E-state index contributed by atoms with van der Waals surface area (Å²) in [6.07, 6.45) is 6.00. The van der Waals surface area contributed by atoms with Crippen molar-refractivity contribution in [2.75, 3.05) is 19.0 Å². The number of pyridine rings is 2. The lowest BCUT2D eigenvalue weighted by Crippen LogP contribution is -2.29. The Bertz CT molecular complexity index is 1490. The molecule has 0 bridgehead atoms. The van der Waals surface area contributed by atoms with Crippen LogP contribution in [0.15, 0.2) is 27.5 Å². The first kappa shape index (κ1) is 26.1. The van der Waals surface area contributed by atoms with Crippen LogP contribution in [0.1, 0.15) is 98.0 Å².